The van der Waals surface area contributed by atoms with Crippen LogP contribution in [-0.4, -0.2) is 29.6 Å². The van der Waals surface area contributed by atoms with Gasteiger partial charge in [-0.05, 0) is 17.7 Å². The monoisotopic (exact) mass is 468 g/mol. The van der Waals surface area contributed by atoms with E-state index in [9.17, 15) is 18.8 Å². The number of H-pyrrole nitrogens is 1. The van der Waals surface area contributed by atoms with E-state index in [0.717, 1.165) is 21.8 Å². The van der Waals surface area contributed by atoms with Gasteiger partial charge in [-0.1, -0.05) is 36.4 Å². The van der Waals surface area contributed by atoms with Crippen molar-refractivity contribution in [2.24, 2.45) is 0 Å². The van der Waals surface area contributed by atoms with E-state index in [4.69, 9.17) is 10.5 Å². The van der Waals surface area contributed by atoms with E-state index in [-0.39, 0.29) is 29.5 Å². The molecule has 4 rings (SSSR count). The number of nitrogens with one attached hydrogen (secondary N) is 1. The second kappa shape index (κ2) is 9.00. The molecule has 4 aromatic rings. The topological polar surface area (TPSA) is 110 Å². The molecule has 2 aromatic heterocycles. The molecule has 0 saturated carbocycles. The van der Waals surface area contributed by atoms with Gasteiger partial charge in [0.05, 0.1) is 18.0 Å². The second-order valence-electron chi connectivity index (χ2n) is 7.38. The fourth-order valence-corrected chi connectivity index (χ4v) is 4.90. The van der Waals surface area contributed by atoms with Crippen LogP contribution in [0.1, 0.15) is 20.8 Å². The third-order valence-corrected chi connectivity index (χ3v) is 6.47. The zero-order valence-electron chi connectivity index (χ0n) is 17.9. The van der Waals surface area contributed by atoms with Crippen molar-refractivity contribution in [2.45, 2.75) is 13.2 Å². The maximum atomic E-state index is 14.5. The molecule has 0 aliphatic rings. The number of thiophene rings is 1. The number of amides is 1. The Labute approximate surface area is 191 Å². The van der Waals surface area contributed by atoms with Crippen LogP contribution in [0.2, 0.25) is 0 Å². The van der Waals surface area contributed by atoms with Crippen molar-refractivity contribution in [3.8, 4) is 0 Å². The summed E-state index contributed by atoms with van der Waals surface area (Å²) in [5, 5.41) is 0.303. The zero-order valence-corrected chi connectivity index (χ0v) is 18.7. The van der Waals surface area contributed by atoms with Crippen molar-refractivity contribution < 1.29 is 13.9 Å². The molecular formula is C23H21FN4O4S. The van der Waals surface area contributed by atoms with Crippen LogP contribution in [0.4, 0.5) is 15.9 Å². The van der Waals surface area contributed by atoms with Crippen LogP contribution in [0, 0.1) is 5.82 Å². The predicted octanol–water partition coefficient (Wildman–Crippen LogP) is 2.94. The predicted molar refractivity (Wildman–Crippen MR) is 127 cm³/mol. The largest absolute Gasteiger partial charge is 0.383 e. The Morgan fingerprint density at radius 2 is 1.91 bits per heavy atom. The fraction of sp³-hybridized carbons (Fsp3) is 0.174. The summed E-state index contributed by atoms with van der Waals surface area (Å²) in [5.74, 6) is -1.18. The summed E-state index contributed by atoms with van der Waals surface area (Å²) in [6.45, 7) is 0.121. The maximum Gasteiger partial charge on any atom is 0.330 e. The smallest absolute Gasteiger partial charge is 0.330 e. The number of benzene rings is 2. The molecule has 0 saturated heterocycles. The lowest BCUT2D eigenvalue weighted by molar-refractivity contribution is 0.0992. The number of aromatic nitrogens is 2. The molecule has 170 valence electrons. The Bertz CT molecular complexity index is 1460. The Kier molecular flexibility index (Phi) is 6.12. The fourth-order valence-electron chi connectivity index (χ4n) is 3.70. The molecule has 33 heavy (non-hydrogen) atoms. The number of nitrogens with zero attached hydrogens (tertiary/aromatic N) is 2. The van der Waals surface area contributed by atoms with Gasteiger partial charge in [0.25, 0.3) is 11.5 Å². The molecule has 3 N–H and O–H groups in total. The van der Waals surface area contributed by atoms with Crippen molar-refractivity contribution in [2.75, 3.05) is 24.8 Å². The van der Waals surface area contributed by atoms with Gasteiger partial charge in [-0.25, -0.2) is 9.18 Å². The van der Waals surface area contributed by atoms with Gasteiger partial charge in [0.1, 0.15) is 11.6 Å². The van der Waals surface area contributed by atoms with Gasteiger partial charge < -0.3 is 15.4 Å². The van der Waals surface area contributed by atoms with E-state index in [1.807, 2.05) is 30.3 Å². The number of aromatic amines is 1. The van der Waals surface area contributed by atoms with E-state index in [1.165, 1.54) is 24.8 Å². The molecule has 2 heterocycles. The second-order valence-corrected chi connectivity index (χ2v) is 8.44. The van der Waals surface area contributed by atoms with Gasteiger partial charge in [-0.2, -0.15) is 0 Å². The van der Waals surface area contributed by atoms with E-state index < -0.39 is 23.0 Å². The molecule has 0 atom stereocenters. The lowest BCUT2D eigenvalue weighted by atomic mass is 10.1. The molecule has 0 unspecified atom stereocenters. The molecule has 0 bridgehead atoms. The van der Waals surface area contributed by atoms with Crippen LogP contribution in [0.3, 0.4) is 0 Å². The quantitative estimate of drug-likeness (QED) is 0.452. The van der Waals surface area contributed by atoms with Gasteiger partial charge >= 0.3 is 5.69 Å². The number of nitrogen functional groups attached to an aromatic ring is 1. The third-order valence-electron chi connectivity index (χ3n) is 5.28. The first-order valence-electron chi connectivity index (χ1n) is 9.96. The lowest BCUT2D eigenvalue weighted by Crippen LogP contribution is -2.39. The highest BCUT2D eigenvalue weighted by atomic mass is 32.1. The minimum absolute atomic E-state index is 0.00912. The highest BCUT2D eigenvalue weighted by Crippen LogP contribution is 2.35. The molecule has 0 spiro atoms. The zero-order chi connectivity index (χ0) is 23.7. The van der Waals surface area contributed by atoms with E-state index in [1.54, 1.807) is 12.1 Å². The third kappa shape index (κ3) is 4.06. The molecule has 0 fully saturated rings. The number of anilines is 2. The Balaban J connectivity index is 1.81. The molecule has 2 aromatic carbocycles. The Morgan fingerprint density at radius 3 is 2.61 bits per heavy atom. The number of hydrogen-bond acceptors (Lipinski definition) is 6. The van der Waals surface area contributed by atoms with Crippen LogP contribution in [0.5, 0.6) is 0 Å². The summed E-state index contributed by atoms with van der Waals surface area (Å²) in [6, 6.07) is 13.7. The van der Waals surface area contributed by atoms with Crippen LogP contribution >= 0.6 is 11.3 Å². The normalized spacial score (nSPS) is 11.1. The molecule has 8 nitrogen and oxygen atoms in total. The molecule has 10 heteroatoms. The SMILES string of the molecule is COCc1c(C(=O)N(C)c2c(N)n(Cc3ccccc3)c(=O)[nH]c2=O)sc2cccc(F)c12. The standard InChI is InChI=1S/C23H21FN4O4S/c1-27(22(30)19-14(12-32-2)17-15(24)9-6-10-16(17)33-19)18-20(25)28(23(31)26-21(18)29)11-13-7-4-3-5-8-13/h3-10H,11-12,25H2,1-2H3,(H,26,29,31). The van der Waals surface area contributed by atoms with Crippen molar-refractivity contribution in [1.82, 2.24) is 9.55 Å². The first-order chi connectivity index (χ1) is 15.8. The minimum atomic E-state index is -0.793. The van der Waals surface area contributed by atoms with Gasteiger partial charge in [0.15, 0.2) is 5.69 Å². The van der Waals surface area contributed by atoms with E-state index >= 15 is 0 Å². The molecule has 0 radical (unpaired) electrons. The van der Waals surface area contributed by atoms with Gasteiger partial charge in [0, 0.05) is 29.8 Å². The van der Waals surface area contributed by atoms with Crippen LogP contribution in [-0.2, 0) is 17.9 Å². The first kappa shape index (κ1) is 22.4. The average Bonchev–Trinajstić information content (AvgIpc) is 3.16. The summed E-state index contributed by atoms with van der Waals surface area (Å²) in [5.41, 5.74) is 5.75. The number of nitrogens with two attached hydrogens (primary N) is 1. The van der Waals surface area contributed by atoms with Crippen molar-refractivity contribution in [1.29, 1.82) is 0 Å². The van der Waals surface area contributed by atoms with Gasteiger partial charge in [-0.15, -0.1) is 11.3 Å². The summed E-state index contributed by atoms with van der Waals surface area (Å²) >= 11 is 1.10. The summed E-state index contributed by atoms with van der Waals surface area (Å²) in [7, 11) is 2.84. The van der Waals surface area contributed by atoms with Crippen LogP contribution in [0.25, 0.3) is 10.1 Å². The molecular weight excluding hydrogens is 447 g/mol. The Morgan fingerprint density at radius 1 is 1.18 bits per heavy atom. The Hall–Kier alpha value is -3.76. The molecule has 1 amide bonds. The highest BCUT2D eigenvalue weighted by Gasteiger charge is 2.27. The van der Waals surface area contributed by atoms with Crippen LogP contribution < -0.4 is 21.9 Å². The number of methoxy groups -OCH3 is 1. The van der Waals surface area contributed by atoms with Crippen LogP contribution in [0.15, 0.2) is 58.1 Å². The first-order valence-corrected chi connectivity index (χ1v) is 10.8. The number of fused-ring (bicyclic) bond motifs is 1. The van der Waals surface area contributed by atoms with E-state index in [0.29, 0.717) is 15.6 Å². The number of rotatable bonds is 6. The number of halogens is 1. The average molecular weight is 469 g/mol. The van der Waals surface area contributed by atoms with Gasteiger partial charge in [0.2, 0.25) is 0 Å². The maximum absolute atomic E-state index is 14.5. The van der Waals surface area contributed by atoms with Gasteiger partial charge in [-0.3, -0.25) is 19.1 Å². The van der Waals surface area contributed by atoms with Crippen molar-refractivity contribution in [3.63, 3.8) is 0 Å². The summed E-state index contributed by atoms with van der Waals surface area (Å²) < 4.78 is 21.5. The molecule has 0 aliphatic carbocycles. The highest BCUT2D eigenvalue weighted by molar-refractivity contribution is 7.21. The number of hydrogen-bond donors (Lipinski definition) is 2. The lowest BCUT2D eigenvalue weighted by Gasteiger charge is -2.20. The van der Waals surface area contributed by atoms with E-state index in [2.05, 4.69) is 4.98 Å². The molecule has 0 aliphatic heterocycles. The number of carbonyl (C=O) groups excluding carboxylic acids is 1. The van der Waals surface area contributed by atoms with Crippen molar-refractivity contribution >= 4 is 38.8 Å². The number of carbonyl (C=O) groups is 1. The van der Waals surface area contributed by atoms with Crippen molar-refractivity contribution in [3.05, 3.63) is 91.2 Å². The number of ether oxygens (including phenoxy) is 1. The minimum Gasteiger partial charge on any atom is -0.383 e. The summed E-state index contributed by atoms with van der Waals surface area (Å²) in [4.78, 5) is 42.1. The summed E-state index contributed by atoms with van der Waals surface area (Å²) in [6.07, 6.45) is 0.